The van der Waals surface area contributed by atoms with Crippen LogP contribution in [0.1, 0.15) is 20.7 Å². The van der Waals surface area contributed by atoms with Crippen LogP contribution < -0.4 is 9.62 Å². The minimum Gasteiger partial charge on any atom is -0.321 e. The summed E-state index contributed by atoms with van der Waals surface area (Å²) in [7, 11) is -4.16. The van der Waals surface area contributed by atoms with E-state index in [1.54, 1.807) is 18.2 Å². The highest BCUT2D eigenvalue weighted by atomic mass is 79.9. The van der Waals surface area contributed by atoms with E-state index in [9.17, 15) is 18.0 Å². The van der Waals surface area contributed by atoms with Gasteiger partial charge in [-0.05, 0) is 60.7 Å². The van der Waals surface area contributed by atoms with Gasteiger partial charge in [0.05, 0.1) is 22.0 Å². The van der Waals surface area contributed by atoms with Crippen molar-refractivity contribution in [2.24, 2.45) is 0 Å². The van der Waals surface area contributed by atoms with Crippen molar-refractivity contribution in [2.75, 3.05) is 9.62 Å². The SMILES string of the molecule is O=C(Nc1ccc(Cl)cc1Cl)c1ccc2c(c1)S(=O)(=O)N(c1ccc(Br)cc1)C2=O. The summed E-state index contributed by atoms with van der Waals surface area (Å²) in [6, 6.07) is 14.8. The number of fused-ring (bicyclic) bond motifs is 1. The van der Waals surface area contributed by atoms with Crippen LogP contribution >= 0.6 is 39.1 Å². The molecule has 30 heavy (non-hydrogen) atoms. The van der Waals surface area contributed by atoms with Gasteiger partial charge in [-0.2, -0.15) is 4.31 Å². The molecule has 1 heterocycles. The number of sulfonamides is 1. The number of nitrogens with zero attached hydrogens (tertiary/aromatic N) is 1. The Labute approximate surface area is 190 Å². The molecule has 152 valence electrons. The zero-order valence-corrected chi connectivity index (χ0v) is 18.8. The molecule has 2 amide bonds. The molecule has 4 rings (SSSR count). The number of nitrogens with one attached hydrogen (secondary N) is 1. The fraction of sp³-hybridized carbons (Fsp3) is 0. The van der Waals surface area contributed by atoms with Crippen LogP contribution in [0.15, 0.2) is 70.0 Å². The summed E-state index contributed by atoms with van der Waals surface area (Å²) in [5, 5.41) is 3.25. The van der Waals surface area contributed by atoms with Gasteiger partial charge in [-0.25, -0.2) is 8.42 Å². The zero-order valence-electron chi connectivity index (χ0n) is 14.9. The highest BCUT2D eigenvalue weighted by molar-refractivity contribution is 9.10. The lowest BCUT2D eigenvalue weighted by Crippen LogP contribution is -2.29. The molecule has 1 N–H and O–H groups in total. The van der Waals surface area contributed by atoms with E-state index in [1.165, 1.54) is 42.5 Å². The molecule has 0 aromatic heterocycles. The van der Waals surface area contributed by atoms with Crippen molar-refractivity contribution in [3.8, 4) is 0 Å². The van der Waals surface area contributed by atoms with E-state index >= 15 is 0 Å². The van der Waals surface area contributed by atoms with Crippen molar-refractivity contribution in [3.05, 3.63) is 86.3 Å². The Morgan fingerprint density at radius 2 is 1.67 bits per heavy atom. The summed E-state index contributed by atoms with van der Waals surface area (Å²) < 4.78 is 27.5. The molecule has 10 heteroatoms. The lowest BCUT2D eigenvalue weighted by molar-refractivity contribution is 0.100. The molecule has 6 nitrogen and oxygen atoms in total. The third kappa shape index (κ3) is 3.60. The Hall–Kier alpha value is -2.39. The van der Waals surface area contributed by atoms with Gasteiger partial charge in [-0.15, -0.1) is 0 Å². The summed E-state index contributed by atoms with van der Waals surface area (Å²) in [6.07, 6.45) is 0. The number of rotatable bonds is 3. The highest BCUT2D eigenvalue weighted by Crippen LogP contribution is 2.36. The van der Waals surface area contributed by atoms with E-state index in [2.05, 4.69) is 21.2 Å². The molecule has 0 bridgehead atoms. The molecule has 0 radical (unpaired) electrons. The average Bonchev–Trinajstić information content (AvgIpc) is 2.90. The van der Waals surface area contributed by atoms with E-state index in [0.717, 1.165) is 8.78 Å². The van der Waals surface area contributed by atoms with Gasteiger partial charge in [-0.3, -0.25) is 9.59 Å². The molecule has 0 atom stereocenters. The van der Waals surface area contributed by atoms with E-state index in [-0.39, 0.29) is 26.7 Å². The van der Waals surface area contributed by atoms with Crippen molar-refractivity contribution < 1.29 is 18.0 Å². The molecule has 0 unspecified atom stereocenters. The number of carbonyl (C=O) groups is 2. The topological polar surface area (TPSA) is 83.6 Å². The minimum atomic E-state index is -4.16. The van der Waals surface area contributed by atoms with E-state index in [4.69, 9.17) is 23.2 Å². The molecule has 0 spiro atoms. The van der Waals surface area contributed by atoms with Gasteiger partial charge in [-0.1, -0.05) is 39.1 Å². The second kappa shape index (κ2) is 7.70. The fourth-order valence-corrected chi connectivity index (χ4v) is 5.33. The normalized spacial score (nSPS) is 14.5. The first-order valence-electron chi connectivity index (χ1n) is 8.44. The predicted octanol–water partition coefficient (Wildman–Crippen LogP) is 5.36. The Morgan fingerprint density at radius 1 is 0.967 bits per heavy atom. The first-order chi connectivity index (χ1) is 14.2. The van der Waals surface area contributed by atoms with Crippen LogP contribution in [0.4, 0.5) is 11.4 Å². The lowest BCUT2D eigenvalue weighted by atomic mass is 10.1. The second-order valence-electron chi connectivity index (χ2n) is 6.34. The Balaban J connectivity index is 1.69. The summed E-state index contributed by atoms with van der Waals surface area (Å²) >= 11 is 15.2. The molecular formula is C20H11BrCl2N2O4S. The maximum Gasteiger partial charge on any atom is 0.273 e. The number of amides is 2. The molecule has 0 saturated carbocycles. The minimum absolute atomic E-state index is 0.000931. The summed E-state index contributed by atoms with van der Waals surface area (Å²) in [6.45, 7) is 0. The van der Waals surface area contributed by atoms with Crippen LogP contribution in [0.3, 0.4) is 0 Å². The summed E-state index contributed by atoms with van der Waals surface area (Å²) in [4.78, 5) is 25.2. The number of anilines is 2. The molecule has 0 aliphatic carbocycles. The Morgan fingerprint density at radius 3 is 2.33 bits per heavy atom. The van der Waals surface area contributed by atoms with Gasteiger partial charge in [0, 0.05) is 15.1 Å². The average molecular weight is 526 g/mol. The zero-order chi connectivity index (χ0) is 21.6. The number of halogens is 3. The standard InChI is InChI=1S/C20H11BrCl2N2O4S/c21-12-2-5-14(6-3-12)25-20(27)15-7-1-11(9-18(15)30(25,28)29)19(26)24-17-8-4-13(22)10-16(17)23/h1-10H,(H,24,26). The van der Waals surface area contributed by atoms with E-state index in [1.807, 2.05) is 0 Å². The number of carbonyl (C=O) groups excluding carboxylic acids is 2. The lowest BCUT2D eigenvalue weighted by Gasteiger charge is -2.15. The van der Waals surface area contributed by atoms with Gasteiger partial charge in [0.2, 0.25) is 0 Å². The van der Waals surface area contributed by atoms with Crippen LogP contribution in [-0.2, 0) is 10.0 Å². The largest absolute Gasteiger partial charge is 0.321 e. The van der Waals surface area contributed by atoms with Crippen LogP contribution in [0.2, 0.25) is 10.0 Å². The van der Waals surface area contributed by atoms with Crippen LogP contribution in [0, 0.1) is 0 Å². The maximum absolute atomic E-state index is 13.0. The van der Waals surface area contributed by atoms with Crippen LogP contribution in [-0.4, -0.2) is 20.2 Å². The number of benzene rings is 3. The third-order valence-corrected chi connectivity index (χ3v) is 7.24. The Bertz CT molecular complexity index is 1310. The molecule has 3 aromatic rings. The van der Waals surface area contributed by atoms with Crippen molar-refractivity contribution >= 4 is 72.3 Å². The van der Waals surface area contributed by atoms with Gasteiger partial charge < -0.3 is 5.32 Å². The predicted molar refractivity (Wildman–Crippen MR) is 119 cm³/mol. The highest BCUT2D eigenvalue weighted by Gasteiger charge is 2.42. The monoisotopic (exact) mass is 524 g/mol. The maximum atomic E-state index is 13.0. The first kappa shape index (κ1) is 20.9. The van der Waals surface area contributed by atoms with Crippen molar-refractivity contribution in [1.29, 1.82) is 0 Å². The number of hydrogen-bond donors (Lipinski definition) is 1. The van der Waals surface area contributed by atoms with Crippen molar-refractivity contribution in [3.63, 3.8) is 0 Å². The molecule has 3 aromatic carbocycles. The molecule has 0 saturated heterocycles. The first-order valence-corrected chi connectivity index (χ1v) is 11.4. The molecule has 1 aliphatic heterocycles. The van der Waals surface area contributed by atoms with Crippen molar-refractivity contribution in [2.45, 2.75) is 4.90 Å². The summed E-state index contributed by atoms with van der Waals surface area (Å²) in [5.41, 5.74) is 0.591. The fourth-order valence-electron chi connectivity index (χ4n) is 2.99. The second-order valence-corrected chi connectivity index (χ2v) is 9.85. The van der Waals surface area contributed by atoms with Gasteiger partial charge >= 0.3 is 0 Å². The van der Waals surface area contributed by atoms with Crippen molar-refractivity contribution in [1.82, 2.24) is 0 Å². The molecule has 0 fully saturated rings. The molecule has 1 aliphatic rings. The quantitative estimate of drug-likeness (QED) is 0.499. The van der Waals surface area contributed by atoms with Crippen LogP contribution in [0.25, 0.3) is 0 Å². The third-order valence-electron chi connectivity index (χ3n) is 4.42. The number of hydrogen-bond acceptors (Lipinski definition) is 4. The van der Waals surface area contributed by atoms with E-state index in [0.29, 0.717) is 10.7 Å². The molecular weight excluding hydrogens is 515 g/mol. The van der Waals surface area contributed by atoms with E-state index < -0.39 is 21.8 Å². The van der Waals surface area contributed by atoms with Gasteiger partial charge in [0.1, 0.15) is 4.90 Å². The van der Waals surface area contributed by atoms with Gasteiger partial charge in [0.25, 0.3) is 21.8 Å². The smallest absolute Gasteiger partial charge is 0.273 e. The van der Waals surface area contributed by atoms with Gasteiger partial charge in [0.15, 0.2) is 0 Å². The van der Waals surface area contributed by atoms with Crippen LogP contribution in [0.5, 0.6) is 0 Å². The Kier molecular flexibility index (Phi) is 5.36. The summed E-state index contributed by atoms with van der Waals surface area (Å²) in [5.74, 6) is -1.26.